The van der Waals surface area contributed by atoms with Crippen LogP contribution in [0.4, 0.5) is 10.6 Å². The van der Waals surface area contributed by atoms with Crippen molar-refractivity contribution in [3.05, 3.63) is 18.3 Å². The van der Waals surface area contributed by atoms with Gasteiger partial charge in [-0.2, -0.15) is 0 Å². The van der Waals surface area contributed by atoms with Gasteiger partial charge in [0.25, 0.3) is 0 Å². The van der Waals surface area contributed by atoms with E-state index in [0.717, 1.165) is 30.8 Å². The molecule has 0 aliphatic carbocycles. The Morgan fingerprint density at radius 2 is 1.72 bits per heavy atom. The van der Waals surface area contributed by atoms with E-state index in [1.807, 2.05) is 71.7 Å². The van der Waals surface area contributed by atoms with Crippen molar-refractivity contribution in [2.75, 3.05) is 18.0 Å². The van der Waals surface area contributed by atoms with Gasteiger partial charge in [-0.15, -0.1) is 0 Å². The smallest absolute Gasteiger partial charge is 0.444 e. The fourth-order valence-electron chi connectivity index (χ4n) is 4.11. The predicted octanol–water partition coefficient (Wildman–Crippen LogP) is 2.58. The molecule has 1 aromatic rings. The fourth-order valence-corrected chi connectivity index (χ4v) is 4.11. The van der Waals surface area contributed by atoms with E-state index in [9.17, 15) is 4.79 Å². The zero-order valence-corrected chi connectivity index (χ0v) is 18.6. The third-order valence-electron chi connectivity index (χ3n) is 6.42. The number of anilines is 1. The molecule has 5 rings (SSSR count). The molecule has 8 heteroatoms. The minimum Gasteiger partial charge on any atom is -0.444 e. The molecule has 158 valence electrons. The molecule has 2 atom stereocenters. The van der Waals surface area contributed by atoms with Crippen LogP contribution in [0.25, 0.3) is 0 Å². The molecule has 0 radical (unpaired) electrons. The van der Waals surface area contributed by atoms with Crippen molar-refractivity contribution >= 4 is 24.5 Å². The van der Waals surface area contributed by atoms with Crippen LogP contribution in [-0.2, 0) is 14.0 Å². The maximum Gasteiger partial charge on any atom is 0.496 e. The van der Waals surface area contributed by atoms with Crippen LogP contribution in [0.1, 0.15) is 54.9 Å². The lowest BCUT2D eigenvalue weighted by Crippen LogP contribution is -2.70. The lowest BCUT2D eigenvalue weighted by Gasteiger charge is -2.56. The van der Waals surface area contributed by atoms with Gasteiger partial charge in [0.1, 0.15) is 11.4 Å². The highest BCUT2D eigenvalue weighted by molar-refractivity contribution is 6.62. The molecule has 0 N–H and O–H groups in total. The molecule has 5 heterocycles. The number of amides is 1. The van der Waals surface area contributed by atoms with Gasteiger partial charge in [-0.25, -0.2) is 9.78 Å². The van der Waals surface area contributed by atoms with Crippen LogP contribution in [0.3, 0.4) is 0 Å². The zero-order valence-electron chi connectivity index (χ0n) is 18.6. The zero-order chi connectivity index (χ0) is 21.2. The molecule has 29 heavy (non-hydrogen) atoms. The Morgan fingerprint density at radius 1 is 1.14 bits per heavy atom. The Morgan fingerprint density at radius 3 is 2.21 bits per heavy atom. The molecule has 2 bridgehead atoms. The summed E-state index contributed by atoms with van der Waals surface area (Å²) >= 11 is 0. The molecular weight excluding hydrogens is 369 g/mol. The Bertz CT molecular complexity index is 762. The van der Waals surface area contributed by atoms with Crippen molar-refractivity contribution < 1.29 is 18.8 Å². The van der Waals surface area contributed by atoms with Gasteiger partial charge < -0.3 is 18.9 Å². The van der Waals surface area contributed by atoms with Crippen LogP contribution in [0.2, 0.25) is 0 Å². The average molecular weight is 401 g/mol. The van der Waals surface area contributed by atoms with Crippen LogP contribution in [0.15, 0.2) is 18.3 Å². The number of rotatable bonds is 2. The molecule has 0 spiro atoms. The predicted molar refractivity (Wildman–Crippen MR) is 112 cm³/mol. The van der Waals surface area contributed by atoms with E-state index in [4.69, 9.17) is 14.0 Å². The van der Waals surface area contributed by atoms with E-state index in [2.05, 4.69) is 9.88 Å². The second-order valence-electron chi connectivity index (χ2n) is 10.4. The first-order valence-corrected chi connectivity index (χ1v) is 10.4. The number of piperazine rings is 1. The van der Waals surface area contributed by atoms with Crippen molar-refractivity contribution in [3.63, 3.8) is 0 Å². The Labute approximate surface area is 173 Å². The van der Waals surface area contributed by atoms with Gasteiger partial charge in [0.15, 0.2) is 0 Å². The van der Waals surface area contributed by atoms with Gasteiger partial charge >= 0.3 is 13.2 Å². The molecule has 2 unspecified atom stereocenters. The molecule has 4 aliphatic heterocycles. The first-order valence-electron chi connectivity index (χ1n) is 10.4. The molecule has 4 saturated heterocycles. The van der Waals surface area contributed by atoms with Crippen LogP contribution in [0.5, 0.6) is 0 Å². The lowest BCUT2D eigenvalue weighted by molar-refractivity contribution is -0.0380. The first kappa shape index (κ1) is 20.5. The van der Waals surface area contributed by atoms with Gasteiger partial charge in [0.2, 0.25) is 0 Å². The van der Waals surface area contributed by atoms with E-state index in [1.165, 1.54) is 0 Å². The second-order valence-corrected chi connectivity index (χ2v) is 10.4. The van der Waals surface area contributed by atoms with Crippen LogP contribution >= 0.6 is 0 Å². The topological polar surface area (TPSA) is 64.1 Å². The Balaban J connectivity index is 1.39. The molecular formula is C21H32BN3O4. The molecule has 4 fully saturated rings. The van der Waals surface area contributed by atoms with E-state index in [-0.39, 0.29) is 29.4 Å². The summed E-state index contributed by atoms with van der Waals surface area (Å²) in [6, 6.07) is 4.42. The Hall–Kier alpha value is -1.80. The molecule has 7 nitrogen and oxygen atoms in total. The summed E-state index contributed by atoms with van der Waals surface area (Å²) in [5, 5.41) is 0. The van der Waals surface area contributed by atoms with Crippen LogP contribution in [-0.4, -0.2) is 65.1 Å². The van der Waals surface area contributed by atoms with Crippen molar-refractivity contribution in [1.29, 1.82) is 0 Å². The molecule has 0 aromatic carbocycles. The number of pyridine rings is 1. The molecule has 1 amide bonds. The van der Waals surface area contributed by atoms with Gasteiger partial charge in [-0.05, 0) is 61.0 Å². The van der Waals surface area contributed by atoms with Crippen molar-refractivity contribution in [3.8, 4) is 0 Å². The number of fused-ring (bicyclic) bond motifs is 2. The number of nitrogens with zero attached hydrogens (tertiary/aromatic N) is 3. The number of carbonyl (C=O) groups excluding carboxylic acids is 1. The van der Waals surface area contributed by atoms with Gasteiger partial charge in [0.05, 0.1) is 23.3 Å². The summed E-state index contributed by atoms with van der Waals surface area (Å²) in [4.78, 5) is 21.2. The van der Waals surface area contributed by atoms with E-state index < -0.39 is 12.7 Å². The largest absolute Gasteiger partial charge is 0.496 e. The molecule has 1 aromatic heterocycles. The van der Waals surface area contributed by atoms with Gasteiger partial charge in [-0.1, -0.05) is 6.07 Å². The monoisotopic (exact) mass is 401 g/mol. The highest BCUT2D eigenvalue weighted by atomic mass is 16.7. The number of ether oxygens (including phenoxy) is 1. The third-order valence-corrected chi connectivity index (χ3v) is 6.42. The summed E-state index contributed by atoms with van der Waals surface area (Å²) < 4.78 is 17.8. The minimum atomic E-state index is -0.467. The third kappa shape index (κ3) is 3.72. The van der Waals surface area contributed by atoms with E-state index in [0.29, 0.717) is 0 Å². The maximum atomic E-state index is 12.4. The summed E-state index contributed by atoms with van der Waals surface area (Å²) in [7, 11) is -0.404. The maximum absolute atomic E-state index is 12.4. The van der Waals surface area contributed by atoms with Gasteiger partial charge in [0, 0.05) is 24.7 Å². The van der Waals surface area contributed by atoms with Gasteiger partial charge in [-0.3, -0.25) is 4.90 Å². The number of aromatic nitrogens is 1. The number of hydrogen-bond donors (Lipinski definition) is 0. The Kier molecular flexibility index (Phi) is 4.66. The summed E-state index contributed by atoms with van der Waals surface area (Å²) in [5.41, 5.74) is -0.276. The average Bonchev–Trinajstić information content (AvgIpc) is 2.81. The standard InChI is InChI=1S/C21H32BN3O4/c1-19(2,3)27-18(26)25-15-10-16(25)13-24(12-15)17-9-8-14(11-23-17)22-28-20(4,5)21(6,7)29-22/h8-9,11,15-16H,10,12-13H2,1-7H3. The summed E-state index contributed by atoms with van der Waals surface area (Å²) in [6.45, 7) is 15.4. The van der Waals surface area contributed by atoms with Crippen molar-refractivity contribution in [1.82, 2.24) is 9.88 Å². The highest BCUT2D eigenvalue weighted by Gasteiger charge is 2.52. The quantitative estimate of drug-likeness (QED) is 0.710. The van der Waals surface area contributed by atoms with Crippen LogP contribution < -0.4 is 10.4 Å². The second kappa shape index (κ2) is 6.60. The number of piperidine rings is 1. The van der Waals surface area contributed by atoms with Crippen molar-refractivity contribution in [2.24, 2.45) is 0 Å². The first-order chi connectivity index (χ1) is 13.4. The molecule has 0 saturated carbocycles. The van der Waals surface area contributed by atoms with Crippen LogP contribution in [0, 0.1) is 0 Å². The minimum absolute atomic E-state index is 0.188. The number of hydrogen-bond acceptors (Lipinski definition) is 6. The fraction of sp³-hybridized carbons (Fsp3) is 0.714. The summed E-state index contributed by atoms with van der Waals surface area (Å²) in [6.07, 6.45) is 2.66. The molecule has 4 aliphatic rings. The van der Waals surface area contributed by atoms with E-state index >= 15 is 0 Å². The highest BCUT2D eigenvalue weighted by Crippen LogP contribution is 2.37. The van der Waals surface area contributed by atoms with E-state index in [1.54, 1.807) is 0 Å². The van der Waals surface area contributed by atoms with Crippen molar-refractivity contribution in [2.45, 2.75) is 83.8 Å². The SMILES string of the molecule is CC(C)(C)OC(=O)N1C2CC1CN(c1ccc(B3OC(C)(C)C(C)(C)O3)cn1)C2. The number of carbonyl (C=O) groups is 1. The summed E-state index contributed by atoms with van der Waals surface area (Å²) in [5.74, 6) is 0.920. The normalized spacial score (nSPS) is 27.6. The lowest BCUT2D eigenvalue weighted by atomic mass is 9.80.